The van der Waals surface area contributed by atoms with Crippen molar-refractivity contribution in [2.45, 2.75) is 6.42 Å². The van der Waals surface area contributed by atoms with Crippen LogP contribution >= 0.6 is 23.2 Å². The Kier molecular flexibility index (Phi) is 7.86. The molecule has 3 rings (SSSR count). The van der Waals surface area contributed by atoms with E-state index < -0.39 is 42.1 Å². The first kappa shape index (κ1) is 24.0. The van der Waals surface area contributed by atoms with Gasteiger partial charge in [0.1, 0.15) is 0 Å². The summed E-state index contributed by atoms with van der Waals surface area (Å²) in [7, 11) is 0. The SMILES string of the molecule is O=C(COC(=O)[C@@H]1CC(=O)N(NC(=O)c2ccc(Cl)cc2Cl)C1)NNC(=O)c1ccccc1. The van der Waals surface area contributed by atoms with Gasteiger partial charge in [0.15, 0.2) is 6.61 Å². The van der Waals surface area contributed by atoms with Crippen LogP contribution in [0.15, 0.2) is 48.5 Å². The fraction of sp³-hybridized carbons (Fsp3) is 0.190. The number of ether oxygens (including phenoxy) is 1. The second kappa shape index (κ2) is 10.8. The van der Waals surface area contributed by atoms with Gasteiger partial charge >= 0.3 is 5.97 Å². The van der Waals surface area contributed by atoms with Crippen molar-refractivity contribution in [1.29, 1.82) is 0 Å². The van der Waals surface area contributed by atoms with Crippen molar-refractivity contribution < 1.29 is 28.7 Å². The van der Waals surface area contributed by atoms with E-state index in [0.717, 1.165) is 5.01 Å². The van der Waals surface area contributed by atoms with E-state index in [2.05, 4.69) is 16.3 Å². The number of esters is 1. The number of amides is 4. The first-order valence-electron chi connectivity index (χ1n) is 9.62. The van der Waals surface area contributed by atoms with E-state index in [0.29, 0.717) is 10.6 Å². The van der Waals surface area contributed by atoms with Gasteiger partial charge in [0.05, 0.1) is 23.0 Å². The standard InChI is InChI=1S/C21H18Cl2N4O6/c22-14-6-7-15(16(23)9-14)20(31)26-27-10-13(8-18(27)29)21(32)33-11-17(28)24-25-19(30)12-4-2-1-3-5-12/h1-7,9,13H,8,10-11H2,(H,24,28)(H,25,30)(H,26,31)/t13-/m1/s1. The fourth-order valence-corrected chi connectivity index (χ4v) is 3.40. The number of carbonyl (C=O) groups is 5. The topological polar surface area (TPSA) is 134 Å². The molecule has 1 atom stereocenters. The minimum atomic E-state index is -0.884. The predicted molar refractivity (Wildman–Crippen MR) is 117 cm³/mol. The number of rotatable bonds is 6. The lowest BCUT2D eigenvalue weighted by atomic mass is 10.1. The third-order valence-electron chi connectivity index (χ3n) is 4.57. The lowest BCUT2D eigenvalue weighted by Crippen LogP contribution is -2.44. The fourth-order valence-electron chi connectivity index (χ4n) is 2.91. The summed E-state index contributed by atoms with van der Waals surface area (Å²) >= 11 is 11.8. The average molecular weight is 493 g/mol. The van der Waals surface area contributed by atoms with Gasteiger partial charge in [-0.2, -0.15) is 0 Å². The van der Waals surface area contributed by atoms with Crippen LogP contribution in [0.5, 0.6) is 0 Å². The lowest BCUT2D eigenvalue weighted by molar-refractivity contribution is -0.152. The van der Waals surface area contributed by atoms with Crippen LogP contribution < -0.4 is 16.3 Å². The molecule has 0 unspecified atom stereocenters. The van der Waals surface area contributed by atoms with E-state index in [1.165, 1.54) is 18.2 Å². The zero-order valence-corrected chi connectivity index (χ0v) is 18.5. The van der Waals surface area contributed by atoms with Crippen LogP contribution in [0, 0.1) is 5.92 Å². The number of benzene rings is 2. The third kappa shape index (κ3) is 6.43. The van der Waals surface area contributed by atoms with E-state index in [9.17, 15) is 24.0 Å². The van der Waals surface area contributed by atoms with Crippen molar-refractivity contribution >= 4 is 52.8 Å². The normalized spacial score (nSPS) is 15.0. The number of hydrogen-bond acceptors (Lipinski definition) is 6. The summed E-state index contributed by atoms with van der Waals surface area (Å²) < 4.78 is 4.91. The third-order valence-corrected chi connectivity index (χ3v) is 5.12. The molecule has 172 valence electrons. The summed E-state index contributed by atoms with van der Waals surface area (Å²) in [6.07, 6.45) is -0.209. The monoisotopic (exact) mass is 492 g/mol. The van der Waals surface area contributed by atoms with Gasteiger partial charge < -0.3 is 4.74 Å². The number of nitrogens with zero attached hydrogens (tertiary/aromatic N) is 1. The maximum Gasteiger partial charge on any atom is 0.311 e. The van der Waals surface area contributed by atoms with E-state index in [-0.39, 0.29) is 23.6 Å². The van der Waals surface area contributed by atoms with Gasteiger partial charge in [-0.1, -0.05) is 41.4 Å². The largest absolute Gasteiger partial charge is 0.455 e. The predicted octanol–water partition coefficient (Wildman–Crippen LogP) is 1.49. The molecule has 0 radical (unpaired) electrons. The van der Waals surface area contributed by atoms with Crippen molar-refractivity contribution in [3.63, 3.8) is 0 Å². The van der Waals surface area contributed by atoms with Gasteiger partial charge in [-0.3, -0.25) is 45.3 Å². The Bertz CT molecular complexity index is 1100. The van der Waals surface area contributed by atoms with Gasteiger partial charge in [0.25, 0.3) is 17.7 Å². The number of hydrogen-bond donors (Lipinski definition) is 3. The van der Waals surface area contributed by atoms with Gasteiger partial charge in [-0.25, -0.2) is 0 Å². The van der Waals surface area contributed by atoms with E-state index >= 15 is 0 Å². The van der Waals surface area contributed by atoms with Crippen molar-refractivity contribution in [3.05, 3.63) is 69.7 Å². The molecule has 4 amide bonds. The molecule has 0 aromatic heterocycles. The molecule has 10 nitrogen and oxygen atoms in total. The van der Waals surface area contributed by atoms with Crippen LogP contribution in [0.1, 0.15) is 27.1 Å². The Morgan fingerprint density at radius 1 is 1.00 bits per heavy atom. The number of hydrazine groups is 2. The van der Waals surface area contributed by atoms with E-state index in [4.69, 9.17) is 27.9 Å². The smallest absolute Gasteiger partial charge is 0.311 e. The number of carbonyl (C=O) groups excluding carboxylic acids is 5. The van der Waals surface area contributed by atoms with Crippen molar-refractivity contribution in [1.82, 2.24) is 21.3 Å². The van der Waals surface area contributed by atoms with Crippen molar-refractivity contribution in [2.24, 2.45) is 5.92 Å². The molecule has 1 aliphatic rings. The first-order chi connectivity index (χ1) is 15.7. The van der Waals surface area contributed by atoms with Gasteiger partial charge in [-0.05, 0) is 30.3 Å². The van der Waals surface area contributed by atoms with Gasteiger partial charge in [-0.15, -0.1) is 0 Å². The quantitative estimate of drug-likeness (QED) is 0.413. The van der Waals surface area contributed by atoms with E-state index in [1.54, 1.807) is 30.3 Å². The molecule has 12 heteroatoms. The molecule has 1 heterocycles. The molecule has 2 aromatic rings. The average Bonchev–Trinajstić information content (AvgIpc) is 3.16. The minimum absolute atomic E-state index is 0.105. The first-order valence-corrected chi connectivity index (χ1v) is 10.4. The number of nitrogens with one attached hydrogen (secondary N) is 3. The highest BCUT2D eigenvalue weighted by Crippen LogP contribution is 2.22. The molecule has 2 aromatic carbocycles. The molecule has 1 aliphatic heterocycles. The van der Waals surface area contributed by atoms with Crippen molar-refractivity contribution in [3.8, 4) is 0 Å². The van der Waals surface area contributed by atoms with Crippen LogP contribution in [0.25, 0.3) is 0 Å². The van der Waals surface area contributed by atoms with Gasteiger partial charge in [0.2, 0.25) is 5.91 Å². The molecular formula is C21H18Cl2N4O6. The molecule has 1 saturated heterocycles. The summed E-state index contributed by atoms with van der Waals surface area (Å²) in [6.45, 7) is -0.799. The van der Waals surface area contributed by atoms with Gasteiger partial charge in [0, 0.05) is 17.0 Å². The summed E-state index contributed by atoms with van der Waals surface area (Å²) in [5.74, 6) is -4.13. The van der Waals surface area contributed by atoms with Crippen molar-refractivity contribution in [2.75, 3.05) is 13.2 Å². The molecule has 0 spiro atoms. The Balaban J connectivity index is 1.44. The second-order valence-corrected chi connectivity index (χ2v) is 7.79. The summed E-state index contributed by atoms with van der Waals surface area (Å²) in [6, 6.07) is 12.4. The Morgan fingerprint density at radius 3 is 2.42 bits per heavy atom. The van der Waals surface area contributed by atoms with Crippen LogP contribution in [0.4, 0.5) is 0 Å². The molecular weight excluding hydrogens is 475 g/mol. The van der Waals surface area contributed by atoms with Crippen LogP contribution in [-0.4, -0.2) is 47.8 Å². The Hall–Kier alpha value is -3.63. The highest BCUT2D eigenvalue weighted by Gasteiger charge is 2.37. The summed E-state index contributed by atoms with van der Waals surface area (Å²) in [4.78, 5) is 60.5. The molecule has 1 fully saturated rings. The highest BCUT2D eigenvalue weighted by atomic mass is 35.5. The highest BCUT2D eigenvalue weighted by molar-refractivity contribution is 6.36. The minimum Gasteiger partial charge on any atom is -0.455 e. The molecule has 33 heavy (non-hydrogen) atoms. The number of halogens is 2. The zero-order chi connectivity index (χ0) is 24.0. The Morgan fingerprint density at radius 2 is 1.73 bits per heavy atom. The maximum atomic E-state index is 12.4. The molecule has 3 N–H and O–H groups in total. The van der Waals surface area contributed by atoms with Crippen LogP contribution in [0.3, 0.4) is 0 Å². The summed E-state index contributed by atoms with van der Waals surface area (Å²) in [5.41, 5.74) is 7.14. The molecule has 0 saturated carbocycles. The van der Waals surface area contributed by atoms with Crippen LogP contribution in [-0.2, 0) is 19.1 Å². The second-order valence-electron chi connectivity index (χ2n) is 6.95. The Labute approximate surface area is 198 Å². The zero-order valence-electron chi connectivity index (χ0n) is 17.0. The maximum absolute atomic E-state index is 12.4. The van der Waals surface area contributed by atoms with Crippen LogP contribution in [0.2, 0.25) is 10.0 Å². The molecule has 0 bridgehead atoms. The summed E-state index contributed by atoms with van der Waals surface area (Å²) in [5, 5.41) is 1.44. The lowest BCUT2D eigenvalue weighted by Gasteiger charge is -2.18. The van der Waals surface area contributed by atoms with E-state index in [1.807, 2.05) is 0 Å². The molecule has 0 aliphatic carbocycles.